The third-order valence-corrected chi connectivity index (χ3v) is 6.82. The van der Waals surface area contributed by atoms with E-state index < -0.39 is 11.7 Å². The number of fused-ring (bicyclic) bond motifs is 2. The van der Waals surface area contributed by atoms with Crippen LogP contribution in [0.25, 0.3) is 0 Å². The Kier molecular flexibility index (Phi) is 5.37. The van der Waals surface area contributed by atoms with Gasteiger partial charge in [-0.15, -0.1) is 11.3 Å². The number of hydrogen-bond acceptors (Lipinski definition) is 6. The van der Waals surface area contributed by atoms with E-state index in [4.69, 9.17) is 4.74 Å². The molecule has 3 aromatic heterocycles. The number of nitrogens with zero attached hydrogens (tertiary/aromatic N) is 4. The smallest absolute Gasteiger partial charge is 0.251 e. The lowest BCUT2D eigenvalue weighted by Crippen LogP contribution is -2.53. The summed E-state index contributed by atoms with van der Waals surface area (Å²) in [6, 6.07) is 8.10. The third-order valence-electron chi connectivity index (χ3n) is 5.96. The summed E-state index contributed by atoms with van der Waals surface area (Å²) < 4.78 is 8.59. The molecule has 1 spiro atoms. The number of thiophene rings is 1. The van der Waals surface area contributed by atoms with Crippen LogP contribution in [0.3, 0.4) is 0 Å². The van der Waals surface area contributed by atoms with Crippen molar-refractivity contribution in [2.75, 3.05) is 13.1 Å². The number of ether oxygens (including phenoxy) is 1. The first-order valence-corrected chi connectivity index (χ1v) is 11.2. The number of piperidine rings is 1. The Labute approximate surface area is 179 Å². The molecule has 1 saturated heterocycles. The lowest BCUT2D eigenvalue weighted by molar-refractivity contribution is -0.174. The van der Waals surface area contributed by atoms with Crippen molar-refractivity contribution in [2.45, 2.75) is 44.2 Å². The summed E-state index contributed by atoms with van der Waals surface area (Å²) >= 11 is 1.79. The minimum Gasteiger partial charge on any atom is -0.352 e. The molecule has 1 atom stereocenters. The highest BCUT2D eigenvalue weighted by Crippen LogP contribution is 2.40. The molecule has 0 saturated carbocycles. The third kappa shape index (κ3) is 3.90. The van der Waals surface area contributed by atoms with Gasteiger partial charge in [0.15, 0.2) is 6.10 Å². The van der Waals surface area contributed by atoms with Crippen LogP contribution in [0.2, 0.25) is 0 Å². The van der Waals surface area contributed by atoms with Crippen molar-refractivity contribution < 1.29 is 9.53 Å². The summed E-state index contributed by atoms with van der Waals surface area (Å²) in [6.45, 7) is 3.76. The van der Waals surface area contributed by atoms with Gasteiger partial charge in [-0.05, 0) is 35.9 Å². The Morgan fingerprint density at radius 2 is 2.17 bits per heavy atom. The molecule has 8 heteroatoms. The molecule has 0 bridgehead atoms. The Bertz CT molecular complexity index is 980. The van der Waals surface area contributed by atoms with E-state index in [1.54, 1.807) is 23.7 Å². The number of carbonyl (C=O) groups excluding carboxylic acids is 1. The summed E-state index contributed by atoms with van der Waals surface area (Å²) in [5, 5.41) is 5.13. The Morgan fingerprint density at radius 1 is 1.27 bits per heavy atom. The van der Waals surface area contributed by atoms with E-state index in [1.165, 1.54) is 4.88 Å². The van der Waals surface area contributed by atoms with Crippen molar-refractivity contribution in [1.82, 2.24) is 24.8 Å². The second kappa shape index (κ2) is 8.29. The number of aromatic nitrogens is 3. The van der Waals surface area contributed by atoms with E-state index in [-0.39, 0.29) is 5.91 Å². The maximum absolute atomic E-state index is 12.9. The molecule has 1 fully saturated rings. The summed E-state index contributed by atoms with van der Waals surface area (Å²) in [6.07, 6.45) is 8.41. The number of amides is 1. The van der Waals surface area contributed by atoms with Crippen LogP contribution in [0.1, 0.15) is 29.1 Å². The van der Waals surface area contributed by atoms with Crippen LogP contribution in [0, 0.1) is 0 Å². The molecule has 7 nitrogen and oxygen atoms in total. The maximum atomic E-state index is 12.9. The Morgan fingerprint density at radius 3 is 2.93 bits per heavy atom. The van der Waals surface area contributed by atoms with Gasteiger partial charge in [-0.25, -0.2) is 4.98 Å². The van der Waals surface area contributed by atoms with Crippen molar-refractivity contribution in [3.8, 4) is 0 Å². The predicted octanol–water partition coefficient (Wildman–Crippen LogP) is 2.55. The van der Waals surface area contributed by atoms with Crippen molar-refractivity contribution >= 4 is 17.2 Å². The summed E-state index contributed by atoms with van der Waals surface area (Å²) in [5.74, 6) is 0.869. The predicted molar refractivity (Wildman–Crippen MR) is 114 cm³/mol. The van der Waals surface area contributed by atoms with Gasteiger partial charge < -0.3 is 14.6 Å². The van der Waals surface area contributed by atoms with Gasteiger partial charge in [-0.3, -0.25) is 14.7 Å². The molecular formula is C22H25N5O2S. The Balaban J connectivity index is 1.27. The fraction of sp³-hybridized carbons (Fsp3) is 0.409. The van der Waals surface area contributed by atoms with Crippen LogP contribution in [-0.4, -0.2) is 44.5 Å². The zero-order valence-electron chi connectivity index (χ0n) is 16.7. The normalized spacial score (nSPS) is 20.7. The molecule has 2 aliphatic heterocycles. The van der Waals surface area contributed by atoms with Gasteiger partial charge in [0.05, 0.1) is 6.54 Å². The molecule has 5 rings (SSSR count). The van der Waals surface area contributed by atoms with Gasteiger partial charge in [0.2, 0.25) is 0 Å². The van der Waals surface area contributed by atoms with Gasteiger partial charge in [-0.2, -0.15) is 0 Å². The van der Waals surface area contributed by atoms with E-state index in [0.717, 1.165) is 43.9 Å². The average molecular weight is 424 g/mol. The number of nitrogens with one attached hydrogen (secondary N) is 1. The average Bonchev–Trinajstić information content (AvgIpc) is 3.47. The number of rotatable bonds is 5. The van der Waals surface area contributed by atoms with Crippen molar-refractivity contribution in [2.24, 2.45) is 0 Å². The lowest BCUT2D eigenvalue weighted by Gasteiger charge is -2.45. The van der Waals surface area contributed by atoms with Gasteiger partial charge in [-0.1, -0.05) is 12.1 Å². The molecule has 156 valence electrons. The molecule has 30 heavy (non-hydrogen) atoms. The van der Waals surface area contributed by atoms with Gasteiger partial charge in [0.1, 0.15) is 11.4 Å². The van der Waals surface area contributed by atoms with Crippen LogP contribution < -0.4 is 5.32 Å². The molecular weight excluding hydrogens is 398 g/mol. The van der Waals surface area contributed by atoms with Crippen molar-refractivity contribution in [3.63, 3.8) is 0 Å². The van der Waals surface area contributed by atoms with Crippen LogP contribution >= 0.6 is 11.3 Å². The quantitative estimate of drug-likeness (QED) is 0.683. The fourth-order valence-electron chi connectivity index (χ4n) is 4.38. The minimum atomic E-state index is -0.521. The molecule has 1 N–H and O–H groups in total. The van der Waals surface area contributed by atoms with E-state index in [0.29, 0.717) is 13.1 Å². The zero-order chi connectivity index (χ0) is 20.4. The number of hydrogen-bond donors (Lipinski definition) is 1. The minimum absolute atomic E-state index is 0.0846. The first-order chi connectivity index (χ1) is 14.7. The van der Waals surface area contributed by atoms with E-state index >= 15 is 0 Å². The van der Waals surface area contributed by atoms with E-state index in [9.17, 15) is 4.79 Å². The summed E-state index contributed by atoms with van der Waals surface area (Å²) in [7, 11) is 0. The second-order valence-corrected chi connectivity index (χ2v) is 8.97. The first-order valence-electron chi connectivity index (χ1n) is 10.3. The van der Waals surface area contributed by atoms with E-state index in [1.807, 2.05) is 24.5 Å². The maximum Gasteiger partial charge on any atom is 0.251 e. The van der Waals surface area contributed by atoms with Gasteiger partial charge in [0.25, 0.3) is 5.91 Å². The van der Waals surface area contributed by atoms with Crippen LogP contribution in [0.5, 0.6) is 0 Å². The highest BCUT2D eigenvalue weighted by atomic mass is 32.1. The molecule has 0 unspecified atom stereocenters. The first kappa shape index (κ1) is 19.4. The van der Waals surface area contributed by atoms with E-state index in [2.05, 4.69) is 42.3 Å². The largest absolute Gasteiger partial charge is 0.352 e. The standard InChI is InChI=1S/C22H25N5O2S/c28-20(25-14-17-3-1-7-23-13-17)19-16-27-11-8-24-21(27)22(29-19)5-9-26(10-6-22)15-18-4-2-12-30-18/h1-4,7-8,11-13,19H,5-6,9-10,14-16H2,(H,25,28)/t19-/m1/s1. The Hall–Kier alpha value is -2.55. The zero-order valence-corrected chi connectivity index (χ0v) is 17.6. The summed E-state index contributed by atoms with van der Waals surface area (Å²) in [5.41, 5.74) is 0.478. The molecule has 0 radical (unpaired) electrons. The molecule has 3 aromatic rings. The molecule has 1 amide bonds. The van der Waals surface area contributed by atoms with Crippen LogP contribution in [0.15, 0.2) is 54.4 Å². The number of carbonyl (C=O) groups is 1. The molecule has 2 aliphatic rings. The number of pyridine rings is 1. The van der Waals surface area contributed by atoms with Crippen LogP contribution in [0.4, 0.5) is 0 Å². The van der Waals surface area contributed by atoms with Gasteiger partial charge >= 0.3 is 0 Å². The fourth-order valence-corrected chi connectivity index (χ4v) is 5.12. The SMILES string of the molecule is O=C(NCc1cccnc1)[C@H]1Cn2ccnc2C2(CCN(Cc3cccs3)CC2)O1. The molecule has 0 aromatic carbocycles. The topological polar surface area (TPSA) is 72.3 Å². The monoisotopic (exact) mass is 423 g/mol. The highest BCUT2D eigenvalue weighted by molar-refractivity contribution is 7.09. The second-order valence-electron chi connectivity index (χ2n) is 7.94. The number of imidazole rings is 1. The highest BCUT2D eigenvalue weighted by Gasteiger charge is 2.47. The molecule has 5 heterocycles. The summed E-state index contributed by atoms with van der Waals surface area (Å²) in [4.78, 5) is 25.4. The van der Waals surface area contributed by atoms with Gasteiger partial charge in [0, 0.05) is 55.8 Å². The number of likely N-dealkylation sites (tertiary alicyclic amines) is 1. The lowest BCUT2D eigenvalue weighted by atomic mass is 9.88. The van der Waals surface area contributed by atoms with Crippen molar-refractivity contribution in [3.05, 3.63) is 70.7 Å². The molecule has 0 aliphatic carbocycles. The van der Waals surface area contributed by atoms with Crippen molar-refractivity contribution in [1.29, 1.82) is 0 Å². The van der Waals surface area contributed by atoms with Crippen LogP contribution in [-0.2, 0) is 34.8 Å².